The van der Waals surface area contributed by atoms with E-state index in [9.17, 15) is 0 Å². The second-order valence-corrected chi connectivity index (χ2v) is 3.51. The standard InChI is InChI=1S/C13H14N2O.ClH/c1-16-11-6-4-5-10(9-11)13(14)12-7-2-3-8-15-12;/h2-9,13H,14H2,1H3;1H/t13-;/m0./s1. The Balaban J connectivity index is 0.00000144. The number of benzene rings is 1. The normalized spacial score (nSPS) is 11.4. The molecule has 0 saturated heterocycles. The van der Waals surface area contributed by atoms with Crippen LogP contribution >= 0.6 is 12.4 Å². The first kappa shape index (κ1) is 13.5. The summed E-state index contributed by atoms with van der Waals surface area (Å²) in [5.41, 5.74) is 7.98. The van der Waals surface area contributed by atoms with Crippen LogP contribution in [0.5, 0.6) is 5.75 Å². The molecule has 1 aromatic heterocycles. The number of aromatic nitrogens is 1. The van der Waals surface area contributed by atoms with E-state index in [-0.39, 0.29) is 18.4 Å². The number of nitrogens with two attached hydrogens (primary N) is 1. The number of halogens is 1. The predicted octanol–water partition coefficient (Wildman–Crippen LogP) is 2.56. The number of pyridine rings is 1. The van der Waals surface area contributed by atoms with Crippen molar-refractivity contribution >= 4 is 12.4 Å². The Kier molecular flexibility index (Phi) is 4.94. The fraction of sp³-hybridized carbons (Fsp3) is 0.154. The molecular formula is C13H15ClN2O. The molecule has 2 rings (SSSR count). The second-order valence-electron chi connectivity index (χ2n) is 3.51. The molecule has 0 radical (unpaired) electrons. The van der Waals surface area contributed by atoms with E-state index in [2.05, 4.69) is 4.98 Å². The van der Waals surface area contributed by atoms with Crippen LogP contribution in [0, 0.1) is 0 Å². The molecule has 0 bridgehead atoms. The minimum absolute atomic E-state index is 0. The van der Waals surface area contributed by atoms with E-state index in [4.69, 9.17) is 10.5 Å². The largest absolute Gasteiger partial charge is 0.497 e. The first-order valence-corrected chi connectivity index (χ1v) is 5.11. The third-order valence-corrected chi connectivity index (χ3v) is 2.46. The number of hydrogen-bond donors (Lipinski definition) is 1. The maximum absolute atomic E-state index is 6.12. The number of nitrogens with zero attached hydrogens (tertiary/aromatic N) is 1. The molecule has 0 aliphatic carbocycles. The van der Waals surface area contributed by atoms with Gasteiger partial charge in [0.15, 0.2) is 0 Å². The maximum atomic E-state index is 6.12. The van der Waals surface area contributed by atoms with Gasteiger partial charge in [-0.2, -0.15) is 0 Å². The van der Waals surface area contributed by atoms with Crippen LogP contribution in [0.4, 0.5) is 0 Å². The minimum Gasteiger partial charge on any atom is -0.497 e. The van der Waals surface area contributed by atoms with Crippen LogP contribution in [-0.2, 0) is 0 Å². The van der Waals surface area contributed by atoms with E-state index < -0.39 is 0 Å². The highest BCUT2D eigenvalue weighted by atomic mass is 35.5. The fourth-order valence-electron chi connectivity index (χ4n) is 1.57. The quantitative estimate of drug-likeness (QED) is 0.911. The molecule has 0 saturated carbocycles. The van der Waals surface area contributed by atoms with Gasteiger partial charge in [-0.1, -0.05) is 18.2 Å². The molecule has 4 heteroatoms. The van der Waals surface area contributed by atoms with Gasteiger partial charge < -0.3 is 10.5 Å². The van der Waals surface area contributed by atoms with Crippen LogP contribution in [0.2, 0.25) is 0 Å². The Bertz CT molecular complexity index is 462. The van der Waals surface area contributed by atoms with Crippen LogP contribution in [0.25, 0.3) is 0 Å². The summed E-state index contributed by atoms with van der Waals surface area (Å²) in [7, 11) is 1.64. The Labute approximate surface area is 107 Å². The summed E-state index contributed by atoms with van der Waals surface area (Å²) in [6.45, 7) is 0. The predicted molar refractivity (Wildman–Crippen MR) is 70.5 cm³/mol. The van der Waals surface area contributed by atoms with Gasteiger partial charge in [0.1, 0.15) is 5.75 Å². The van der Waals surface area contributed by atoms with Crippen molar-refractivity contribution in [3.63, 3.8) is 0 Å². The Morgan fingerprint density at radius 2 is 2.00 bits per heavy atom. The third-order valence-electron chi connectivity index (χ3n) is 2.46. The summed E-state index contributed by atoms with van der Waals surface area (Å²) in [5, 5.41) is 0. The van der Waals surface area contributed by atoms with Gasteiger partial charge in [-0.3, -0.25) is 4.98 Å². The van der Waals surface area contributed by atoms with Gasteiger partial charge in [0, 0.05) is 6.20 Å². The van der Waals surface area contributed by atoms with E-state index >= 15 is 0 Å². The SMILES string of the molecule is COc1cccc([C@H](N)c2ccccn2)c1.Cl. The lowest BCUT2D eigenvalue weighted by atomic mass is 10.0. The van der Waals surface area contributed by atoms with E-state index in [1.807, 2.05) is 42.5 Å². The highest BCUT2D eigenvalue weighted by Gasteiger charge is 2.09. The van der Waals surface area contributed by atoms with Crippen molar-refractivity contribution < 1.29 is 4.74 Å². The van der Waals surface area contributed by atoms with Crippen molar-refractivity contribution in [2.24, 2.45) is 5.73 Å². The highest BCUT2D eigenvalue weighted by molar-refractivity contribution is 5.85. The molecule has 0 aliphatic heterocycles. The van der Waals surface area contributed by atoms with Gasteiger partial charge in [0.2, 0.25) is 0 Å². The lowest BCUT2D eigenvalue weighted by Gasteiger charge is -2.12. The Morgan fingerprint density at radius 1 is 1.18 bits per heavy atom. The molecule has 2 aromatic rings. The zero-order chi connectivity index (χ0) is 11.4. The Morgan fingerprint density at radius 3 is 2.65 bits per heavy atom. The van der Waals surface area contributed by atoms with Gasteiger partial charge in [0.05, 0.1) is 18.8 Å². The van der Waals surface area contributed by atoms with E-state index in [1.54, 1.807) is 13.3 Å². The molecule has 0 spiro atoms. The van der Waals surface area contributed by atoms with E-state index in [1.165, 1.54) is 0 Å². The summed E-state index contributed by atoms with van der Waals surface area (Å²) in [6.07, 6.45) is 1.75. The van der Waals surface area contributed by atoms with E-state index in [0.29, 0.717) is 0 Å². The fourth-order valence-corrected chi connectivity index (χ4v) is 1.57. The summed E-state index contributed by atoms with van der Waals surface area (Å²) in [4.78, 5) is 4.24. The molecule has 3 nitrogen and oxygen atoms in total. The zero-order valence-corrected chi connectivity index (χ0v) is 10.4. The van der Waals surface area contributed by atoms with Crippen molar-refractivity contribution in [3.05, 3.63) is 59.9 Å². The molecule has 0 aliphatic rings. The van der Waals surface area contributed by atoms with Gasteiger partial charge in [-0.15, -0.1) is 12.4 Å². The number of methoxy groups -OCH3 is 1. The summed E-state index contributed by atoms with van der Waals surface area (Å²) in [6, 6.07) is 13.2. The molecule has 17 heavy (non-hydrogen) atoms. The van der Waals surface area contributed by atoms with Gasteiger partial charge >= 0.3 is 0 Å². The number of ether oxygens (including phenoxy) is 1. The zero-order valence-electron chi connectivity index (χ0n) is 9.54. The van der Waals surface area contributed by atoms with Crippen molar-refractivity contribution in [2.45, 2.75) is 6.04 Å². The first-order chi connectivity index (χ1) is 7.81. The molecule has 1 aromatic carbocycles. The van der Waals surface area contributed by atoms with Crippen LogP contribution in [0.1, 0.15) is 17.3 Å². The Hall–Kier alpha value is -1.58. The molecule has 1 atom stereocenters. The molecule has 0 fully saturated rings. The van der Waals surface area contributed by atoms with E-state index in [0.717, 1.165) is 17.0 Å². The minimum atomic E-state index is -0.212. The molecule has 2 N–H and O–H groups in total. The van der Waals surface area contributed by atoms with Crippen LogP contribution in [0.3, 0.4) is 0 Å². The smallest absolute Gasteiger partial charge is 0.119 e. The average molecular weight is 251 g/mol. The van der Waals surface area contributed by atoms with Crippen LogP contribution in [-0.4, -0.2) is 12.1 Å². The van der Waals surface area contributed by atoms with Crippen LogP contribution < -0.4 is 10.5 Å². The number of hydrogen-bond acceptors (Lipinski definition) is 3. The molecule has 1 heterocycles. The van der Waals surface area contributed by atoms with Gasteiger partial charge in [0.25, 0.3) is 0 Å². The molecule has 90 valence electrons. The van der Waals surface area contributed by atoms with Gasteiger partial charge in [-0.25, -0.2) is 0 Å². The van der Waals surface area contributed by atoms with Crippen molar-refractivity contribution in [2.75, 3.05) is 7.11 Å². The first-order valence-electron chi connectivity index (χ1n) is 5.11. The molecule has 0 amide bonds. The molecule has 0 unspecified atom stereocenters. The number of rotatable bonds is 3. The van der Waals surface area contributed by atoms with Crippen molar-refractivity contribution in [3.8, 4) is 5.75 Å². The lowest BCUT2D eigenvalue weighted by Crippen LogP contribution is -2.13. The lowest BCUT2D eigenvalue weighted by molar-refractivity contribution is 0.414. The van der Waals surface area contributed by atoms with Crippen molar-refractivity contribution in [1.82, 2.24) is 4.98 Å². The summed E-state index contributed by atoms with van der Waals surface area (Å²) < 4.78 is 5.16. The summed E-state index contributed by atoms with van der Waals surface area (Å²) >= 11 is 0. The highest BCUT2D eigenvalue weighted by Crippen LogP contribution is 2.21. The molecular weight excluding hydrogens is 236 g/mol. The third kappa shape index (κ3) is 3.19. The van der Waals surface area contributed by atoms with Crippen molar-refractivity contribution in [1.29, 1.82) is 0 Å². The van der Waals surface area contributed by atoms with Crippen LogP contribution in [0.15, 0.2) is 48.7 Å². The second kappa shape index (κ2) is 6.23. The maximum Gasteiger partial charge on any atom is 0.119 e. The van der Waals surface area contributed by atoms with Gasteiger partial charge in [-0.05, 0) is 29.8 Å². The monoisotopic (exact) mass is 250 g/mol. The topological polar surface area (TPSA) is 48.1 Å². The average Bonchev–Trinajstić information content (AvgIpc) is 2.39. The summed E-state index contributed by atoms with van der Waals surface area (Å²) in [5.74, 6) is 0.809.